The second kappa shape index (κ2) is 3.46. The lowest BCUT2D eigenvalue weighted by molar-refractivity contribution is 0.785. The molecule has 1 aromatic heterocycles. The van der Waals surface area contributed by atoms with Gasteiger partial charge in [0, 0.05) is 9.58 Å². The van der Waals surface area contributed by atoms with Crippen molar-refractivity contribution < 1.29 is 0 Å². The van der Waals surface area contributed by atoms with Gasteiger partial charge in [0.2, 0.25) is 0 Å². The second-order valence-electron chi connectivity index (χ2n) is 4.07. The first kappa shape index (κ1) is 9.61. The van der Waals surface area contributed by atoms with E-state index in [1.54, 1.807) is 4.88 Å². The quantitative estimate of drug-likeness (QED) is 0.626. The maximum absolute atomic E-state index is 3.63. The lowest BCUT2D eigenvalue weighted by Crippen LogP contribution is -1.97. The number of benzene rings is 1. The summed E-state index contributed by atoms with van der Waals surface area (Å²) in [7, 11) is 0. The monoisotopic (exact) mass is 278 g/mol. The van der Waals surface area contributed by atoms with Crippen LogP contribution >= 0.6 is 27.3 Å². The third-order valence-corrected chi connectivity index (χ3v) is 4.88. The molecule has 0 N–H and O–H groups in total. The van der Waals surface area contributed by atoms with E-state index in [9.17, 15) is 0 Å². The number of rotatable bonds is 0. The Kier molecular flexibility index (Phi) is 2.22. The predicted molar refractivity (Wildman–Crippen MR) is 71.8 cm³/mol. The van der Waals surface area contributed by atoms with Crippen molar-refractivity contribution in [3.05, 3.63) is 39.2 Å². The van der Waals surface area contributed by atoms with E-state index < -0.39 is 0 Å². The summed E-state index contributed by atoms with van der Waals surface area (Å²) in [6.07, 6.45) is 3.42. The van der Waals surface area contributed by atoms with Crippen molar-refractivity contribution in [2.24, 2.45) is 0 Å². The summed E-state index contributed by atoms with van der Waals surface area (Å²) in [6.45, 7) is 2.31. The van der Waals surface area contributed by atoms with Crippen LogP contribution in [-0.4, -0.2) is 0 Å². The van der Waals surface area contributed by atoms with Crippen LogP contribution in [0.2, 0.25) is 0 Å². The van der Waals surface area contributed by atoms with Crippen molar-refractivity contribution in [1.29, 1.82) is 0 Å². The van der Waals surface area contributed by atoms with E-state index >= 15 is 0 Å². The van der Waals surface area contributed by atoms with Crippen molar-refractivity contribution in [1.82, 2.24) is 0 Å². The normalized spacial score (nSPS) is 20.1. The van der Waals surface area contributed by atoms with Crippen LogP contribution in [0.5, 0.6) is 0 Å². The summed E-state index contributed by atoms with van der Waals surface area (Å²) in [5, 5.41) is 1.40. The fourth-order valence-electron chi connectivity index (χ4n) is 2.20. The van der Waals surface area contributed by atoms with Gasteiger partial charge in [-0.25, -0.2) is 0 Å². The molecule has 1 heterocycles. The Hall–Kier alpha value is -0.600. The summed E-state index contributed by atoms with van der Waals surface area (Å²) in [5.41, 5.74) is 1.43. The molecule has 2 aromatic rings. The molecule has 0 radical (unpaired) electrons. The molecule has 0 nitrogen and oxygen atoms in total. The Morgan fingerprint density at radius 3 is 3.00 bits per heavy atom. The van der Waals surface area contributed by atoms with Crippen LogP contribution in [0.15, 0.2) is 28.7 Å². The summed E-state index contributed by atoms with van der Waals surface area (Å²) >= 11 is 5.58. The molecule has 0 saturated carbocycles. The first-order chi connectivity index (χ1) is 7.25. The number of allylic oxidation sites excluding steroid dienone is 1. The molecule has 1 aliphatic carbocycles. The molecular formula is C13H11BrS. The van der Waals surface area contributed by atoms with E-state index in [2.05, 4.69) is 53.2 Å². The van der Waals surface area contributed by atoms with Gasteiger partial charge < -0.3 is 0 Å². The molecule has 0 saturated heterocycles. The molecule has 1 aromatic carbocycles. The predicted octanol–water partition coefficient (Wildman–Crippen LogP) is 5.14. The molecule has 1 unspecified atom stereocenters. The van der Waals surface area contributed by atoms with Crippen LogP contribution in [0.4, 0.5) is 0 Å². The molecule has 0 amide bonds. The highest BCUT2D eigenvalue weighted by atomic mass is 79.9. The fraction of sp³-hybridized carbons (Fsp3) is 0.231. The lowest BCUT2D eigenvalue weighted by Gasteiger charge is -2.15. The van der Waals surface area contributed by atoms with Gasteiger partial charge in [-0.3, -0.25) is 0 Å². The minimum atomic E-state index is 0.650. The van der Waals surface area contributed by atoms with Crippen LogP contribution in [0.1, 0.15) is 29.7 Å². The summed E-state index contributed by atoms with van der Waals surface area (Å²) in [6, 6.07) is 8.68. The van der Waals surface area contributed by atoms with E-state index in [0.29, 0.717) is 5.92 Å². The van der Waals surface area contributed by atoms with E-state index in [4.69, 9.17) is 0 Å². The van der Waals surface area contributed by atoms with Gasteiger partial charge >= 0.3 is 0 Å². The average molecular weight is 279 g/mol. The molecule has 15 heavy (non-hydrogen) atoms. The highest BCUT2D eigenvalue weighted by Gasteiger charge is 2.20. The van der Waals surface area contributed by atoms with Crippen molar-refractivity contribution in [2.75, 3.05) is 0 Å². The van der Waals surface area contributed by atoms with E-state index in [-0.39, 0.29) is 0 Å². The first-order valence-electron chi connectivity index (χ1n) is 5.13. The van der Waals surface area contributed by atoms with Gasteiger partial charge in [-0.05, 0) is 39.9 Å². The third-order valence-electron chi connectivity index (χ3n) is 2.91. The SMILES string of the molecule is CC1CC(Br)=Cc2c1sc1ccccc21. The maximum Gasteiger partial charge on any atom is 0.0352 e. The first-order valence-corrected chi connectivity index (χ1v) is 6.74. The van der Waals surface area contributed by atoms with Gasteiger partial charge in [-0.2, -0.15) is 0 Å². The van der Waals surface area contributed by atoms with Gasteiger partial charge in [0.15, 0.2) is 0 Å². The highest BCUT2D eigenvalue weighted by molar-refractivity contribution is 9.11. The van der Waals surface area contributed by atoms with Crippen LogP contribution in [0, 0.1) is 0 Å². The molecular weight excluding hydrogens is 268 g/mol. The van der Waals surface area contributed by atoms with Crippen molar-refractivity contribution in [3.8, 4) is 0 Å². The number of halogens is 1. The molecule has 0 spiro atoms. The summed E-state index contributed by atoms with van der Waals surface area (Å²) < 4.78 is 2.74. The summed E-state index contributed by atoms with van der Waals surface area (Å²) in [5.74, 6) is 0.650. The number of hydrogen-bond acceptors (Lipinski definition) is 1. The topological polar surface area (TPSA) is 0 Å². The van der Waals surface area contributed by atoms with Crippen molar-refractivity contribution in [2.45, 2.75) is 19.3 Å². The largest absolute Gasteiger partial charge is 0.139 e. The molecule has 1 atom stereocenters. The van der Waals surface area contributed by atoms with Crippen LogP contribution in [-0.2, 0) is 0 Å². The minimum Gasteiger partial charge on any atom is -0.139 e. The number of hydrogen-bond donors (Lipinski definition) is 0. The zero-order valence-electron chi connectivity index (χ0n) is 8.46. The smallest absolute Gasteiger partial charge is 0.0352 e. The van der Waals surface area contributed by atoms with E-state index in [1.807, 2.05) is 11.3 Å². The molecule has 0 aliphatic heterocycles. The van der Waals surface area contributed by atoms with E-state index in [1.165, 1.54) is 20.1 Å². The Labute approximate surface area is 102 Å². The van der Waals surface area contributed by atoms with Gasteiger partial charge in [0.05, 0.1) is 0 Å². The zero-order valence-corrected chi connectivity index (χ0v) is 10.9. The zero-order chi connectivity index (χ0) is 10.4. The van der Waals surface area contributed by atoms with E-state index in [0.717, 1.165) is 6.42 Å². The summed E-state index contributed by atoms with van der Waals surface area (Å²) in [4.78, 5) is 1.54. The second-order valence-corrected chi connectivity index (χ2v) is 6.17. The molecule has 76 valence electrons. The molecule has 3 rings (SSSR count). The maximum atomic E-state index is 3.63. The third kappa shape index (κ3) is 1.47. The lowest BCUT2D eigenvalue weighted by atomic mass is 9.95. The highest BCUT2D eigenvalue weighted by Crippen LogP contribution is 2.44. The standard InChI is InChI=1S/C13H11BrS/c1-8-6-9(14)7-11-10-4-2-3-5-12(10)15-13(8)11/h2-5,7-8H,6H2,1H3. The number of fused-ring (bicyclic) bond motifs is 3. The Morgan fingerprint density at radius 1 is 1.33 bits per heavy atom. The average Bonchev–Trinajstić information content (AvgIpc) is 2.57. The van der Waals surface area contributed by atoms with Gasteiger partial charge in [-0.15, -0.1) is 11.3 Å². The molecule has 1 aliphatic rings. The van der Waals surface area contributed by atoms with Gasteiger partial charge in [0.1, 0.15) is 0 Å². The van der Waals surface area contributed by atoms with Gasteiger partial charge in [0.25, 0.3) is 0 Å². The molecule has 0 bridgehead atoms. The molecule has 2 heteroatoms. The molecule has 0 fully saturated rings. The Balaban J connectivity index is 2.37. The Bertz CT molecular complexity index is 551. The number of thiophene rings is 1. The van der Waals surface area contributed by atoms with Crippen molar-refractivity contribution in [3.63, 3.8) is 0 Å². The van der Waals surface area contributed by atoms with Crippen molar-refractivity contribution >= 4 is 43.4 Å². The van der Waals surface area contributed by atoms with Crippen LogP contribution in [0.25, 0.3) is 16.2 Å². The van der Waals surface area contributed by atoms with Crippen LogP contribution in [0.3, 0.4) is 0 Å². The van der Waals surface area contributed by atoms with Gasteiger partial charge in [-0.1, -0.05) is 41.1 Å². The van der Waals surface area contributed by atoms with Crippen LogP contribution < -0.4 is 0 Å². The fourth-order valence-corrected chi connectivity index (χ4v) is 4.15. The minimum absolute atomic E-state index is 0.650. The Morgan fingerprint density at radius 2 is 2.13 bits per heavy atom.